The molecular formula is C18H33N5O6S. The molecule has 0 aromatic rings. The number of carbonyl (C=O) groups excluding carboxylic acids is 4. The highest BCUT2D eigenvalue weighted by Crippen LogP contribution is 2.07. The number of hydrogen-bond acceptors (Lipinski definition) is 7. The van der Waals surface area contributed by atoms with E-state index >= 15 is 0 Å². The fraction of sp³-hybridized carbons (Fsp3) is 0.722. The fourth-order valence-electron chi connectivity index (χ4n) is 2.45. The number of carbonyl (C=O) groups is 5. The second kappa shape index (κ2) is 13.1. The van der Waals surface area contributed by atoms with Crippen LogP contribution < -0.4 is 27.4 Å². The van der Waals surface area contributed by atoms with E-state index in [1.807, 2.05) is 0 Å². The Morgan fingerprint density at radius 3 is 1.77 bits per heavy atom. The van der Waals surface area contributed by atoms with Crippen LogP contribution in [0.3, 0.4) is 0 Å². The maximum atomic E-state index is 12.6. The number of carboxylic acid groups (broad SMARTS) is 1. The Morgan fingerprint density at radius 1 is 0.867 bits per heavy atom. The SMILES string of the molecule is CC(C)C(NC(=O)C(NC(=O)C(CS)NC(=O)C(N)CCC(N)=O)C(C)C)C(=O)O. The van der Waals surface area contributed by atoms with E-state index in [2.05, 4.69) is 28.6 Å². The summed E-state index contributed by atoms with van der Waals surface area (Å²) in [5.74, 6) is -4.57. The molecule has 4 atom stereocenters. The molecule has 0 spiro atoms. The van der Waals surface area contributed by atoms with Gasteiger partial charge in [0.15, 0.2) is 0 Å². The van der Waals surface area contributed by atoms with Crippen molar-refractivity contribution < 1.29 is 29.1 Å². The minimum atomic E-state index is -1.18. The van der Waals surface area contributed by atoms with E-state index in [1.165, 1.54) is 0 Å². The lowest BCUT2D eigenvalue weighted by atomic mass is 10.00. The normalized spacial score (nSPS) is 15.1. The van der Waals surface area contributed by atoms with Crippen LogP contribution in [0.5, 0.6) is 0 Å². The summed E-state index contributed by atoms with van der Waals surface area (Å²) in [5, 5.41) is 16.6. The number of rotatable bonds is 13. The molecule has 4 unspecified atom stereocenters. The Hall–Kier alpha value is -2.34. The molecule has 0 heterocycles. The van der Waals surface area contributed by atoms with Crippen molar-refractivity contribution in [2.75, 3.05) is 5.75 Å². The van der Waals surface area contributed by atoms with Crippen molar-refractivity contribution in [3.63, 3.8) is 0 Å². The first-order valence-corrected chi connectivity index (χ1v) is 10.2. The summed E-state index contributed by atoms with van der Waals surface area (Å²) < 4.78 is 0. The predicted molar refractivity (Wildman–Crippen MR) is 113 cm³/mol. The van der Waals surface area contributed by atoms with Gasteiger partial charge in [-0.05, 0) is 18.3 Å². The first-order chi connectivity index (χ1) is 13.8. The molecule has 0 rings (SSSR count). The van der Waals surface area contributed by atoms with Gasteiger partial charge in [0.05, 0.1) is 6.04 Å². The van der Waals surface area contributed by atoms with Gasteiger partial charge in [0.25, 0.3) is 0 Å². The first kappa shape index (κ1) is 27.7. The second-order valence-electron chi connectivity index (χ2n) is 7.65. The highest BCUT2D eigenvalue weighted by Gasteiger charge is 2.32. The van der Waals surface area contributed by atoms with E-state index in [-0.39, 0.29) is 30.4 Å². The van der Waals surface area contributed by atoms with Crippen LogP contribution in [-0.2, 0) is 24.0 Å². The van der Waals surface area contributed by atoms with Gasteiger partial charge in [-0.1, -0.05) is 27.7 Å². The molecule has 0 saturated heterocycles. The highest BCUT2D eigenvalue weighted by molar-refractivity contribution is 7.80. The zero-order valence-corrected chi connectivity index (χ0v) is 18.6. The van der Waals surface area contributed by atoms with E-state index in [9.17, 15) is 29.1 Å². The molecule has 0 fully saturated rings. The molecule has 0 bridgehead atoms. The van der Waals surface area contributed by atoms with Crippen LogP contribution in [0.25, 0.3) is 0 Å². The summed E-state index contributed by atoms with van der Waals surface area (Å²) in [5.41, 5.74) is 10.7. The number of nitrogens with one attached hydrogen (secondary N) is 3. The Labute approximate surface area is 181 Å². The minimum Gasteiger partial charge on any atom is -0.480 e. The first-order valence-electron chi connectivity index (χ1n) is 9.60. The smallest absolute Gasteiger partial charge is 0.326 e. The molecule has 0 saturated carbocycles. The lowest BCUT2D eigenvalue weighted by Gasteiger charge is -2.27. The van der Waals surface area contributed by atoms with Crippen LogP contribution in [0.1, 0.15) is 40.5 Å². The molecule has 0 aromatic heterocycles. The van der Waals surface area contributed by atoms with Crippen molar-refractivity contribution in [1.82, 2.24) is 16.0 Å². The van der Waals surface area contributed by atoms with Crippen LogP contribution in [0, 0.1) is 11.8 Å². The third kappa shape index (κ3) is 9.44. The van der Waals surface area contributed by atoms with Gasteiger partial charge < -0.3 is 32.5 Å². The maximum absolute atomic E-state index is 12.6. The van der Waals surface area contributed by atoms with Gasteiger partial charge in [0, 0.05) is 12.2 Å². The molecule has 0 radical (unpaired) electrons. The zero-order chi connectivity index (χ0) is 23.6. The van der Waals surface area contributed by atoms with Crippen LogP contribution >= 0.6 is 12.6 Å². The van der Waals surface area contributed by atoms with Crippen LogP contribution in [-0.4, -0.2) is 64.6 Å². The van der Waals surface area contributed by atoms with Crippen molar-refractivity contribution in [3.8, 4) is 0 Å². The summed E-state index contributed by atoms with van der Waals surface area (Å²) in [7, 11) is 0. The quantitative estimate of drug-likeness (QED) is 0.164. The van der Waals surface area contributed by atoms with E-state index < -0.39 is 53.8 Å². The van der Waals surface area contributed by atoms with Gasteiger partial charge >= 0.3 is 5.97 Å². The molecule has 30 heavy (non-hydrogen) atoms. The van der Waals surface area contributed by atoms with E-state index in [4.69, 9.17) is 11.5 Å². The van der Waals surface area contributed by atoms with Crippen molar-refractivity contribution in [2.24, 2.45) is 23.3 Å². The minimum absolute atomic E-state index is 0.0187. The molecule has 172 valence electrons. The van der Waals surface area contributed by atoms with Crippen LogP contribution in [0.2, 0.25) is 0 Å². The van der Waals surface area contributed by atoms with Crippen LogP contribution in [0.15, 0.2) is 0 Å². The van der Waals surface area contributed by atoms with Gasteiger partial charge in [0.2, 0.25) is 23.6 Å². The number of carboxylic acids is 1. The Balaban J connectivity index is 5.13. The Bertz CT molecular complexity index is 643. The summed E-state index contributed by atoms with van der Waals surface area (Å²) in [6.45, 7) is 6.67. The second-order valence-corrected chi connectivity index (χ2v) is 8.02. The van der Waals surface area contributed by atoms with Crippen LogP contribution in [0.4, 0.5) is 0 Å². The van der Waals surface area contributed by atoms with Gasteiger partial charge in [0.1, 0.15) is 18.1 Å². The third-order valence-corrected chi connectivity index (χ3v) is 4.70. The topological polar surface area (TPSA) is 194 Å². The standard InChI is InChI=1S/C18H33N5O6S/c1-8(2)13(17(27)23-14(9(3)4)18(28)29)22-16(26)11(7-30)21-15(25)10(19)5-6-12(20)24/h8-11,13-14,30H,5-7,19H2,1-4H3,(H2,20,24)(H,21,25)(H,22,26)(H,23,27)(H,28,29). The largest absolute Gasteiger partial charge is 0.480 e. The number of thiol groups is 1. The molecule has 11 nitrogen and oxygen atoms in total. The highest BCUT2D eigenvalue weighted by atomic mass is 32.1. The van der Waals surface area contributed by atoms with Crippen molar-refractivity contribution in [2.45, 2.75) is 64.7 Å². The van der Waals surface area contributed by atoms with Crippen molar-refractivity contribution in [1.29, 1.82) is 0 Å². The van der Waals surface area contributed by atoms with Gasteiger partial charge in [-0.2, -0.15) is 12.6 Å². The molecule has 0 aliphatic carbocycles. The summed E-state index contributed by atoms with van der Waals surface area (Å²) in [6.07, 6.45) is -0.0621. The molecule has 0 aliphatic heterocycles. The molecule has 0 aromatic carbocycles. The number of nitrogens with two attached hydrogens (primary N) is 2. The molecule has 8 N–H and O–H groups in total. The van der Waals surface area contributed by atoms with E-state index in [1.54, 1.807) is 27.7 Å². The predicted octanol–water partition coefficient (Wildman–Crippen LogP) is -1.64. The Kier molecular flexibility index (Phi) is 12.0. The molecule has 12 heteroatoms. The number of amides is 4. The molecule has 0 aliphatic rings. The zero-order valence-electron chi connectivity index (χ0n) is 17.7. The number of aliphatic carboxylic acids is 1. The van der Waals surface area contributed by atoms with Gasteiger partial charge in [-0.25, -0.2) is 4.79 Å². The summed E-state index contributed by atoms with van der Waals surface area (Å²) in [6, 6.07) is -4.27. The molecular weight excluding hydrogens is 414 g/mol. The van der Waals surface area contributed by atoms with Gasteiger partial charge in [-0.15, -0.1) is 0 Å². The Morgan fingerprint density at radius 2 is 1.37 bits per heavy atom. The summed E-state index contributed by atoms with van der Waals surface area (Å²) in [4.78, 5) is 59.4. The average Bonchev–Trinajstić information content (AvgIpc) is 2.64. The lowest BCUT2D eigenvalue weighted by molar-refractivity contribution is -0.143. The lowest BCUT2D eigenvalue weighted by Crippen LogP contribution is -2.59. The monoisotopic (exact) mass is 447 g/mol. The summed E-state index contributed by atoms with van der Waals surface area (Å²) >= 11 is 4.05. The maximum Gasteiger partial charge on any atom is 0.326 e. The fourth-order valence-corrected chi connectivity index (χ4v) is 2.70. The van der Waals surface area contributed by atoms with Crippen molar-refractivity contribution in [3.05, 3.63) is 0 Å². The van der Waals surface area contributed by atoms with Crippen molar-refractivity contribution >= 4 is 42.2 Å². The number of primary amides is 1. The third-order valence-electron chi connectivity index (χ3n) is 4.33. The molecule has 4 amide bonds. The average molecular weight is 448 g/mol. The van der Waals surface area contributed by atoms with Gasteiger partial charge in [-0.3, -0.25) is 19.2 Å². The number of hydrogen-bond donors (Lipinski definition) is 7. The van der Waals surface area contributed by atoms with E-state index in [0.717, 1.165) is 0 Å². The van der Waals surface area contributed by atoms with E-state index in [0.29, 0.717) is 0 Å².